The highest BCUT2D eigenvalue weighted by Crippen LogP contribution is 2.28. The van der Waals surface area contributed by atoms with Crippen LogP contribution in [0.2, 0.25) is 0 Å². The van der Waals surface area contributed by atoms with E-state index in [9.17, 15) is 9.90 Å². The van der Waals surface area contributed by atoms with Crippen molar-refractivity contribution in [1.82, 2.24) is 25.6 Å². The van der Waals surface area contributed by atoms with Gasteiger partial charge >= 0.3 is 6.03 Å². The quantitative estimate of drug-likeness (QED) is 0.781. The number of amides is 2. The number of aromatic nitrogens is 3. The highest BCUT2D eigenvalue weighted by molar-refractivity contribution is 5.74. The van der Waals surface area contributed by atoms with Crippen LogP contribution in [0.3, 0.4) is 0 Å². The number of nitrogens with zero attached hydrogens (tertiary/aromatic N) is 3. The minimum Gasteiger partial charge on any atom is -0.388 e. The average molecular weight is 329 g/mol. The molecule has 1 saturated carbocycles. The van der Waals surface area contributed by atoms with Gasteiger partial charge in [0, 0.05) is 6.54 Å². The van der Waals surface area contributed by atoms with Crippen LogP contribution in [0, 0.1) is 0 Å². The fraction of sp³-hybridized carbons (Fsp3) is 0.471. The largest absolute Gasteiger partial charge is 0.388 e. The molecule has 3 N–H and O–H groups in total. The number of hydrogen-bond donors (Lipinski definition) is 3. The topological polar surface area (TPSA) is 92.1 Å². The molecule has 0 radical (unpaired) electrons. The van der Waals surface area contributed by atoms with Crippen molar-refractivity contribution in [3.8, 4) is 5.69 Å². The van der Waals surface area contributed by atoms with E-state index >= 15 is 0 Å². The highest BCUT2D eigenvalue weighted by Gasteiger charge is 2.31. The number of hydrogen-bond acceptors (Lipinski definition) is 4. The lowest BCUT2D eigenvalue weighted by molar-refractivity contribution is 0.0500. The fourth-order valence-electron chi connectivity index (χ4n) is 2.96. The van der Waals surface area contributed by atoms with Crippen molar-refractivity contribution < 1.29 is 9.90 Å². The zero-order valence-electron chi connectivity index (χ0n) is 13.8. The summed E-state index contributed by atoms with van der Waals surface area (Å²) in [6.07, 6.45) is 5.31. The van der Waals surface area contributed by atoms with Gasteiger partial charge in [-0.15, -0.1) is 5.10 Å². The summed E-state index contributed by atoms with van der Waals surface area (Å²) in [7, 11) is 0. The van der Waals surface area contributed by atoms with Crippen LogP contribution in [0.5, 0.6) is 0 Å². The number of rotatable bonds is 5. The van der Waals surface area contributed by atoms with Crippen LogP contribution in [-0.2, 0) is 0 Å². The van der Waals surface area contributed by atoms with Crippen LogP contribution in [0.4, 0.5) is 4.79 Å². The highest BCUT2D eigenvalue weighted by atomic mass is 16.3. The Bertz CT molecular complexity index is 679. The summed E-state index contributed by atoms with van der Waals surface area (Å²) < 4.78 is 1.67. The van der Waals surface area contributed by atoms with Gasteiger partial charge in [-0.05, 0) is 31.9 Å². The van der Waals surface area contributed by atoms with Gasteiger partial charge in [0.1, 0.15) is 5.69 Å². The number of para-hydroxylation sites is 1. The third-order valence-corrected chi connectivity index (χ3v) is 4.44. The first-order chi connectivity index (χ1) is 11.6. The zero-order chi connectivity index (χ0) is 17.0. The average Bonchev–Trinajstić information content (AvgIpc) is 3.24. The predicted octanol–water partition coefficient (Wildman–Crippen LogP) is 1.93. The first-order valence-electron chi connectivity index (χ1n) is 8.30. The van der Waals surface area contributed by atoms with E-state index in [-0.39, 0.29) is 18.6 Å². The molecule has 0 bridgehead atoms. The number of carbonyl (C=O) groups excluding carboxylic acids is 1. The van der Waals surface area contributed by atoms with Crippen molar-refractivity contribution in [2.24, 2.45) is 0 Å². The standard InChI is InChI=1S/C17H23N5O2/c1-13(19-16(23)18-12-17(24)9-5-6-10-17)15-11-22(21-20-15)14-7-3-2-4-8-14/h2-4,7-8,11,13,24H,5-6,9-10,12H2,1H3,(H2,18,19,23). The van der Waals surface area contributed by atoms with Crippen molar-refractivity contribution in [3.63, 3.8) is 0 Å². The van der Waals surface area contributed by atoms with E-state index in [1.165, 1.54) is 0 Å². The van der Waals surface area contributed by atoms with Crippen LogP contribution >= 0.6 is 0 Å². The molecule has 1 aliphatic rings. The molecule has 0 spiro atoms. The summed E-state index contributed by atoms with van der Waals surface area (Å²) in [6.45, 7) is 2.13. The first kappa shape index (κ1) is 16.4. The molecule has 1 unspecified atom stereocenters. The van der Waals surface area contributed by atoms with Gasteiger partial charge in [0.05, 0.1) is 23.5 Å². The van der Waals surface area contributed by atoms with Crippen molar-refractivity contribution in [1.29, 1.82) is 0 Å². The summed E-state index contributed by atoms with van der Waals surface area (Å²) >= 11 is 0. The number of nitrogens with one attached hydrogen (secondary N) is 2. The van der Waals surface area contributed by atoms with Gasteiger partial charge in [-0.1, -0.05) is 36.3 Å². The second-order valence-corrected chi connectivity index (χ2v) is 6.40. The Hall–Kier alpha value is -2.41. The van der Waals surface area contributed by atoms with Gasteiger partial charge in [0.25, 0.3) is 0 Å². The molecular weight excluding hydrogens is 306 g/mol. The number of benzene rings is 1. The zero-order valence-corrected chi connectivity index (χ0v) is 13.8. The SMILES string of the molecule is CC(NC(=O)NCC1(O)CCCC1)c1cn(-c2ccccc2)nn1. The van der Waals surface area contributed by atoms with Crippen LogP contribution < -0.4 is 10.6 Å². The summed E-state index contributed by atoms with van der Waals surface area (Å²) in [5.41, 5.74) is 0.835. The van der Waals surface area contributed by atoms with Gasteiger partial charge in [-0.25, -0.2) is 9.48 Å². The molecule has 1 aromatic heterocycles. The summed E-state index contributed by atoms with van der Waals surface area (Å²) in [5.74, 6) is 0. The predicted molar refractivity (Wildman–Crippen MR) is 89.7 cm³/mol. The van der Waals surface area contributed by atoms with Gasteiger partial charge in [0.15, 0.2) is 0 Å². The lowest BCUT2D eigenvalue weighted by Crippen LogP contribution is -2.45. The van der Waals surface area contributed by atoms with Crippen molar-refractivity contribution in [3.05, 3.63) is 42.2 Å². The Morgan fingerprint density at radius 3 is 2.75 bits per heavy atom. The number of aliphatic hydroxyl groups is 1. The van der Waals surface area contributed by atoms with Crippen LogP contribution in [0.15, 0.2) is 36.5 Å². The monoisotopic (exact) mass is 329 g/mol. The smallest absolute Gasteiger partial charge is 0.315 e. The molecule has 7 nitrogen and oxygen atoms in total. The number of carbonyl (C=O) groups is 1. The Morgan fingerprint density at radius 2 is 2.04 bits per heavy atom. The van der Waals surface area contributed by atoms with E-state index in [0.717, 1.165) is 31.4 Å². The summed E-state index contributed by atoms with van der Waals surface area (Å²) in [4.78, 5) is 12.0. The summed E-state index contributed by atoms with van der Waals surface area (Å²) in [5, 5.41) is 24.0. The summed E-state index contributed by atoms with van der Waals surface area (Å²) in [6, 6.07) is 9.09. The van der Waals surface area contributed by atoms with Gasteiger partial charge in [-0.2, -0.15) is 0 Å². The maximum Gasteiger partial charge on any atom is 0.315 e. The lowest BCUT2D eigenvalue weighted by Gasteiger charge is -2.23. The number of urea groups is 1. The second kappa shape index (κ2) is 7.00. The minimum atomic E-state index is -0.753. The molecule has 7 heteroatoms. The third kappa shape index (κ3) is 3.91. The Morgan fingerprint density at radius 1 is 1.33 bits per heavy atom. The Kier molecular flexibility index (Phi) is 4.80. The maximum absolute atomic E-state index is 12.0. The van der Waals surface area contributed by atoms with Crippen LogP contribution in [0.25, 0.3) is 5.69 Å². The maximum atomic E-state index is 12.0. The molecule has 2 aromatic rings. The molecule has 24 heavy (non-hydrogen) atoms. The molecule has 3 rings (SSSR count). The normalized spacial score (nSPS) is 17.4. The molecule has 2 amide bonds. The first-order valence-corrected chi connectivity index (χ1v) is 8.30. The molecular formula is C17H23N5O2. The fourth-order valence-corrected chi connectivity index (χ4v) is 2.96. The molecule has 0 aliphatic heterocycles. The van der Waals surface area contributed by atoms with E-state index < -0.39 is 5.60 Å². The van der Waals surface area contributed by atoms with Gasteiger partial charge < -0.3 is 15.7 Å². The van der Waals surface area contributed by atoms with E-state index in [4.69, 9.17) is 0 Å². The molecule has 0 saturated heterocycles. The molecule has 128 valence electrons. The Labute approximate surface area is 141 Å². The molecule has 1 aromatic carbocycles. The van der Waals surface area contributed by atoms with Crippen LogP contribution in [0.1, 0.15) is 44.3 Å². The van der Waals surface area contributed by atoms with Gasteiger partial charge in [-0.3, -0.25) is 0 Å². The van der Waals surface area contributed by atoms with Gasteiger partial charge in [0.2, 0.25) is 0 Å². The van der Waals surface area contributed by atoms with Crippen molar-refractivity contribution in [2.45, 2.75) is 44.2 Å². The van der Waals surface area contributed by atoms with E-state index in [0.29, 0.717) is 5.69 Å². The molecule has 1 aliphatic carbocycles. The molecule has 1 heterocycles. The Balaban J connectivity index is 1.54. The molecule has 1 atom stereocenters. The van der Waals surface area contributed by atoms with Crippen molar-refractivity contribution >= 4 is 6.03 Å². The van der Waals surface area contributed by atoms with Crippen molar-refractivity contribution in [2.75, 3.05) is 6.54 Å². The van der Waals surface area contributed by atoms with E-state index in [1.807, 2.05) is 37.3 Å². The van der Waals surface area contributed by atoms with Crippen LogP contribution in [-0.4, -0.2) is 38.3 Å². The third-order valence-electron chi connectivity index (χ3n) is 4.44. The second-order valence-electron chi connectivity index (χ2n) is 6.40. The lowest BCUT2D eigenvalue weighted by atomic mass is 10.0. The minimum absolute atomic E-state index is 0.277. The molecule has 1 fully saturated rings. The van der Waals surface area contributed by atoms with E-state index in [1.54, 1.807) is 10.9 Å². The van der Waals surface area contributed by atoms with E-state index in [2.05, 4.69) is 20.9 Å².